The van der Waals surface area contributed by atoms with Crippen molar-refractivity contribution < 1.29 is 14.0 Å². The number of fused-ring (bicyclic) bond motifs is 1. The number of hydrogen-bond acceptors (Lipinski definition) is 5. The fourth-order valence-electron chi connectivity index (χ4n) is 5.18. The van der Waals surface area contributed by atoms with E-state index in [0.29, 0.717) is 18.9 Å². The minimum absolute atomic E-state index is 0.0174. The third-order valence-electron chi connectivity index (χ3n) is 6.87. The molecule has 2 aromatic heterocycles. The van der Waals surface area contributed by atoms with E-state index in [4.69, 9.17) is 5.73 Å². The van der Waals surface area contributed by atoms with Crippen LogP contribution < -0.4 is 5.73 Å². The lowest BCUT2D eigenvalue weighted by atomic mass is 9.72. The number of halogens is 1. The summed E-state index contributed by atoms with van der Waals surface area (Å²) in [6, 6.07) is 5.05. The number of nitrogens with two attached hydrogens (primary N) is 1. The molecule has 0 radical (unpaired) electrons. The number of likely N-dealkylation sites (tertiary alicyclic amines) is 1. The number of nitrogens with zero attached hydrogens (tertiary/aromatic N) is 5. The monoisotopic (exact) mass is 430 g/mol. The van der Waals surface area contributed by atoms with Crippen molar-refractivity contribution in [1.82, 2.24) is 24.4 Å². The van der Waals surface area contributed by atoms with Gasteiger partial charge in [-0.05, 0) is 50.2 Å². The molecular weight excluding hydrogens is 399 g/mol. The van der Waals surface area contributed by atoms with E-state index >= 15 is 0 Å². The fourth-order valence-corrected chi connectivity index (χ4v) is 5.18. The molecule has 3 atom stereocenters. The van der Waals surface area contributed by atoms with E-state index < -0.39 is 18.1 Å². The summed E-state index contributed by atoms with van der Waals surface area (Å²) in [7, 11) is 3.38. The van der Waals surface area contributed by atoms with Crippen LogP contribution in [0.3, 0.4) is 0 Å². The third kappa shape index (κ3) is 4.28. The summed E-state index contributed by atoms with van der Waals surface area (Å²) in [5.41, 5.74) is 8.32. The van der Waals surface area contributed by atoms with Crippen LogP contribution in [0.25, 0.3) is 5.65 Å². The Balaban J connectivity index is 1.49. The topological polar surface area (TPSA) is 96.8 Å². The Morgan fingerprint density at radius 2 is 1.94 bits per heavy atom. The standard InChI is InChI=1S/C22H31FN6O2/c1-27(2)21(30)19(20(24)22(31)28-11-10-16(23)12-28)15-8-6-14(7-9-15)17-4-3-5-18-25-13-26-29(17)18/h3-5,13-16,19-20H,6-12,24H2,1-2H3/t14-,15-,16-,19?,20?/m0/s1. The van der Waals surface area contributed by atoms with Gasteiger partial charge in [-0.1, -0.05) is 6.07 Å². The van der Waals surface area contributed by atoms with Gasteiger partial charge < -0.3 is 15.5 Å². The quantitative estimate of drug-likeness (QED) is 0.777. The summed E-state index contributed by atoms with van der Waals surface area (Å²) >= 11 is 0. The Hall–Kier alpha value is -2.55. The molecule has 168 valence electrons. The summed E-state index contributed by atoms with van der Waals surface area (Å²) in [5.74, 6) is -0.698. The molecule has 0 bridgehead atoms. The molecule has 4 rings (SSSR count). The number of rotatable bonds is 5. The van der Waals surface area contributed by atoms with Gasteiger partial charge in [0.15, 0.2) is 5.65 Å². The number of hydrogen-bond donors (Lipinski definition) is 1. The Kier molecular flexibility index (Phi) is 6.22. The number of carbonyl (C=O) groups excluding carboxylic acids is 2. The van der Waals surface area contributed by atoms with E-state index in [1.165, 1.54) is 9.80 Å². The lowest BCUT2D eigenvalue weighted by Gasteiger charge is -2.37. The van der Waals surface area contributed by atoms with Gasteiger partial charge in [0.25, 0.3) is 0 Å². The summed E-state index contributed by atoms with van der Waals surface area (Å²) in [6.07, 6.45) is 4.26. The summed E-state index contributed by atoms with van der Waals surface area (Å²) in [5, 5.41) is 4.35. The fraction of sp³-hybridized carbons (Fsp3) is 0.636. The van der Waals surface area contributed by atoms with E-state index in [1.54, 1.807) is 20.4 Å². The summed E-state index contributed by atoms with van der Waals surface area (Å²) in [4.78, 5) is 33.2. The van der Waals surface area contributed by atoms with Crippen molar-refractivity contribution in [3.05, 3.63) is 30.2 Å². The van der Waals surface area contributed by atoms with E-state index in [1.807, 2.05) is 16.6 Å². The highest BCUT2D eigenvalue weighted by Gasteiger charge is 2.42. The molecule has 1 saturated heterocycles. The molecule has 2 aromatic rings. The van der Waals surface area contributed by atoms with E-state index in [-0.39, 0.29) is 24.3 Å². The maximum absolute atomic E-state index is 13.6. The Morgan fingerprint density at radius 1 is 1.19 bits per heavy atom. The molecule has 1 saturated carbocycles. The number of amides is 2. The van der Waals surface area contributed by atoms with Crippen molar-refractivity contribution >= 4 is 17.5 Å². The van der Waals surface area contributed by atoms with Crippen LogP contribution in [-0.2, 0) is 9.59 Å². The Labute approximate surface area is 181 Å². The van der Waals surface area contributed by atoms with Crippen LogP contribution in [0.4, 0.5) is 4.39 Å². The number of alkyl halides is 1. The van der Waals surface area contributed by atoms with Crippen molar-refractivity contribution in [3.63, 3.8) is 0 Å². The zero-order valence-corrected chi connectivity index (χ0v) is 18.2. The van der Waals surface area contributed by atoms with Crippen LogP contribution in [0.1, 0.15) is 43.7 Å². The summed E-state index contributed by atoms with van der Waals surface area (Å²) in [6.45, 7) is 0.440. The number of pyridine rings is 1. The lowest BCUT2D eigenvalue weighted by molar-refractivity contribution is -0.143. The zero-order valence-electron chi connectivity index (χ0n) is 18.2. The van der Waals surface area contributed by atoms with Gasteiger partial charge >= 0.3 is 0 Å². The molecule has 2 aliphatic rings. The molecular formula is C22H31FN6O2. The van der Waals surface area contributed by atoms with Crippen molar-refractivity contribution in [2.75, 3.05) is 27.2 Å². The van der Waals surface area contributed by atoms with Crippen LogP contribution in [0.2, 0.25) is 0 Å². The van der Waals surface area contributed by atoms with Gasteiger partial charge in [-0.3, -0.25) is 9.59 Å². The van der Waals surface area contributed by atoms with Gasteiger partial charge in [0, 0.05) is 32.3 Å². The SMILES string of the molecule is CN(C)C(=O)C(C(N)C(=O)N1CC[C@H](F)C1)[C@H]1CC[C@H](c2cccc3ncnn32)CC1. The van der Waals surface area contributed by atoms with Crippen LogP contribution in [0.5, 0.6) is 0 Å². The van der Waals surface area contributed by atoms with Gasteiger partial charge in [-0.15, -0.1) is 0 Å². The molecule has 2 amide bonds. The first kappa shape index (κ1) is 21.7. The minimum Gasteiger partial charge on any atom is -0.349 e. The summed E-state index contributed by atoms with van der Waals surface area (Å²) < 4.78 is 15.5. The largest absolute Gasteiger partial charge is 0.349 e. The van der Waals surface area contributed by atoms with Crippen molar-refractivity contribution in [3.8, 4) is 0 Å². The molecule has 2 N–H and O–H groups in total. The molecule has 31 heavy (non-hydrogen) atoms. The predicted molar refractivity (Wildman–Crippen MR) is 114 cm³/mol. The highest BCUT2D eigenvalue weighted by atomic mass is 19.1. The maximum atomic E-state index is 13.6. The molecule has 2 unspecified atom stereocenters. The highest BCUT2D eigenvalue weighted by Crippen LogP contribution is 2.40. The van der Waals surface area contributed by atoms with Crippen LogP contribution in [0, 0.1) is 11.8 Å². The van der Waals surface area contributed by atoms with Crippen molar-refractivity contribution in [2.24, 2.45) is 17.6 Å². The molecule has 0 spiro atoms. The molecule has 2 fully saturated rings. The van der Waals surface area contributed by atoms with Crippen molar-refractivity contribution in [1.29, 1.82) is 0 Å². The van der Waals surface area contributed by atoms with Crippen LogP contribution in [-0.4, -0.2) is 75.6 Å². The second-order valence-electron chi connectivity index (χ2n) is 9.05. The van der Waals surface area contributed by atoms with Gasteiger partial charge in [0.1, 0.15) is 12.5 Å². The molecule has 1 aliphatic carbocycles. The first-order valence-electron chi connectivity index (χ1n) is 11.0. The van der Waals surface area contributed by atoms with Crippen molar-refractivity contribution in [2.45, 2.75) is 50.2 Å². The maximum Gasteiger partial charge on any atom is 0.240 e. The predicted octanol–water partition coefficient (Wildman–Crippen LogP) is 1.61. The van der Waals surface area contributed by atoms with Gasteiger partial charge in [-0.25, -0.2) is 13.9 Å². The second-order valence-corrected chi connectivity index (χ2v) is 9.05. The third-order valence-corrected chi connectivity index (χ3v) is 6.87. The molecule has 8 nitrogen and oxygen atoms in total. The smallest absolute Gasteiger partial charge is 0.240 e. The first-order valence-corrected chi connectivity index (χ1v) is 11.0. The van der Waals surface area contributed by atoms with Crippen LogP contribution in [0.15, 0.2) is 24.5 Å². The average molecular weight is 431 g/mol. The van der Waals surface area contributed by atoms with E-state index in [0.717, 1.165) is 37.0 Å². The van der Waals surface area contributed by atoms with Crippen LogP contribution >= 0.6 is 0 Å². The zero-order chi connectivity index (χ0) is 22.1. The second kappa shape index (κ2) is 8.90. The number of aromatic nitrogens is 3. The molecule has 1 aliphatic heterocycles. The Morgan fingerprint density at radius 3 is 2.58 bits per heavy atom. The molecule has 3 heterocycles. The van der Waals surface area contributed by atoms with E-state index in [9.17, 15) is 14.0 Å². The highest BCUT2D eigenvalue weighted by molar-refractivity contribution is 5.90. The molecule has 9 heteroatoms. The normalized spacial score (nSPS) is 26.1. The minimum atomic E-state index is -1.01. The lowest BCUT2D eigenvalue weighted by Crippen LogP contribution is -2.54. The van der Waals surface area contributed by atoms with Gasteiger partial charge in [-0.2, -0.15) is 5.10 Å². The first-order chi connectivity index (χ1) is 14.9. The van der Waals surface area contributed by atoms with Gasteiger partial charge in [0.2, 0.25) is 11.8 Å². The van der Waals surface area contributed by atoms with E-state index in [2.05, 4.69) is 16.1 Å². The number of carbonyl (C=O) groups is 2. The molecule has 0 aromatic carbocycles. The average Bonchev–Trinajstić information content (AvgIpc) is 3.42. The van der Waals surface area contributed by atoms with Gasteiger partial charge in [0.05, 0.1) is 18.5 Å². The Bertz CT molecular complexity index is 939.